The largest absolute Gasteiger partial charge is 0.294 e. The van der Waals surface area contributed by atoms with Crippen LogP contribution in [0.1, 0.15) is 32.8 Å². The summed E-state index contributed by atoms with van der Waals surface area (Å²) in [4.78, 5) is 12.4. The lowest BCUT2D eigenvalue weighted by molar-refractivity contribution is -0.139. The minimum absolute atomic E-state index is 0.165. The van der Waals surface area contributed by atoms with E-state index in [0.717, 1.165) is 16.2 Å². The molecular formula is C17H19ClO. The van der Waals surface area contributed by atoms with Crippen LogP contribution in [0.4, 0.5) is 0 Å². The third kappa shape index (κ3) is 1.87. The number of ketones is 1. The zero-order chi connectivity index (χ0) is 13.8. The zero-order valence-corrected chi connectivity index (χ0v) is 12.4. The number of rotatable bonds is 1. The van der Waals surface area contributed by atoms with Crippen LogP contribution in [-0.2, 0) is 4.79 Å². The average Bonchev–Trinajstić information content (AvgIpc) is 2.36. The summed E-state index contributed by atoms with van der Waals surface area (Å²) in [5, 5.41) is 0.731. The molecule has 1 nitrogen and oxygen atoms in total. The first-order chi connectivity index (χ1) is 8.91. The number of benzene rings is 1. The summed E-state index contributed by atoms with van der Waals surface area (Å²) in [5.74, 6) is 1.50. The van der Waals surface area contributed by atoms with Gasteiger partial charge in [0.1, 0.15) is 0 Å². The summed E-state index contributed by atoms with van der Waals surface area (Å²) in [5.41, 5.74) is 2.36. The maximum atomic E-state index is 12.4. The van der Waals surface area contributed by atoms with Crippen molar-refractivity contribution in [3.8, 4) is 0 Å². The Hall–Kier alpha value is -1.08. The Morgan fingerprint density at radius 2 is 1.89 bits per heavy atom. The van der Waals surface area contributed by atoms with Crippen molar-refractivity contribution < 1.29 is 4.79 Å². The zero-order valence-electron chi connectivity index (χ0n) is 11.6. The molecular weight excluding hydrogens is 256 g/mol. The molecule has 19 heavy (non-hydrogen) atoms. The standard InChI is InChI=1S/C17H19ClO/c1-10-14-9-15(17(14,2)3)13(16(10)19)8-11-4-6-12(18)7-5-11/h4-8,10,14-15H,9H2,1-3H3/b13-8+/t10-,14+,15-/m0/s1. The lowest BCUT2D eigenvalue weighted by Gasteiger charge is -2.59. The van der Waals surface area contributed by atoms with Gasteiger partial charge in [-0.05, 0) is 53.0 Å². The van der Waals surface area contributed by atoms with E-state index in [1.165, 1.54) is 6.42 Å². The Balaban J connectivity index is 1.99. The van der Waals surface area contributed by atoms with E-state index in [2.05, 4.69) is 26.8 Å². The average molecular weight is 275 g/mol. The molecule has 0 spiro atoms. The summed E-state index contributed by atoms with van der Waals surface area (Å²) in [7, 11) is 0. The van der Waals surface area contributed by atoms with E-state index in [1.807, 2.05) is 24.3 Å². The molecule has 0 heterocycles. The maximum Gasteiger partial charge on any atom is 0.162 e. The van der Waals surface area contributed by atoms with Crippen LogP contribution in [-0.4, -0.2) is 5.78 Å². The number of hydrogen-bond acceptors (Lipinski definition) is 1. The normalized spacial score (nSPS) is 34.2. The molecule has 3 fully saturated rings. The van der Waals surface area contributed by atoms with Gasteiger partial charge in [0, 0.05) is 10.9 Å². The molecule has 0 aliphatic heterocycles. The molecule has 3 aliphatic rings. The number of hydrogen-bond donors (Lipinski definition) is 0. The second-order valence-electron chi connectivity index (χ2n) is 6.52. The number of allylic oxidation sites excluding steroid dienone is 1. The van der Waals surface area contributed by atoms with Gasteiger partial charge in [-0.2, -0.15) is 0 Å². The Morgan fingerprint density at radius 1 is 1.26 bits per heavy atom. The van der Waals surface area contributed by atoms with Crippen LogP contribution in [0.2, 0.25) is 5.02 Å². The molecule has 0 amide bonds. The molecule has 3 saturated carbocycles. The summed E-state index contributed by atoms with van der Waals surface area (Å²) in [6, 6.07) is 7.70. The SMILES string of the molecule is C[C@@H]1C(=O)/C(=C/c2ccc(Cl)cc2)[C@@H]2C[C@H]1C2(C)C. The molecule has 100 valence electrons. The predicted molar refractivity (Wildman–Crippen MR) is 79.0 cm³/mol. The number of carbonyl (C=O) groups excluding carboxylic acids is 1. The molecule has 1 aromatic rings. The van der Waals surface area contributed by atoms with Crippen molar-refractivity contribution in [2.24, 2.45) is 23.2 Å². The molecule has 4 rings (SSSR count). The molecule has 0 unspecified atom stereocenters. The van der Waals surface area contributed by atoms with E-state index in [1.54, 1.807) is 0 Å². The van der Waals surface area contributed by atoms with Crippen LogP contribution in [0.3, 0.4) is 0 Å². The van der Waals surface area contributed by atoms with Gasteiger partial charge in [0.15, 0.2) is 5.78 Å². The first kappa shape index (κ1) is 12.9. The number of carbonyl (C=O) groups is 1. The Morgan fingerprint density at radius 3 is 2.47 bits per heavy atom. The lowest BCUT2D eigenvalue weighted by atomic mass is 9.44. The summed E-state index contributed by atoms with van der Waals surface area (Å²) >= 11 is 5.90. The quantitative estimate of drug-likeness (QED) is 0.684. The van der Waals surface area contributed by atoms with Gasteiger partial charge in [0.25, 0.3) is 0 Å². The van der Waals surface area contributed by atoms with Gasteiger partial charge in [-0.3, -0.25) is 4.79 Å². The number of Topliss-reactive ketones (excluding diaryl/α,β-unsaturated/α-hetero) is 1. The van der Waals surface area contributed by atoms with Crippen molar-refractivity contribution in [2.75, 3.05) is 0 Å². The fourth-order valence-corrected chi connectivity index (χ4v) is 3.99. The highest BCUT2D eigenvalue weighted by Crippen LogP contribution is 2.62. The topological polar surface area (TPSA) is 17.1 Å². The summed E-state index contributed by atoms with van der Waals surface area (Å²) < 4.78 is 0. The van der Waals surface area contributed by atoms with E-state index in [4.69, 9.17) is 11.6 Å². The highest BCUT2D eigenvalue weighted by atomic mass is 35.5. The Bertz CT molecular complexity index is 553. The second kappa shape index (κ2) is 4.21. The molecule has 2 heteroatoms. The second-order valence-corrected chi connectivity index (χ2v) is 6.96. The summed E-state index contributed by atoms with van der Waals surface area (Å²) in [6.07, 6.45) is 3.23. The van der Waals surface area contributed by atoms with Crippen molar-refractivity contribution >= 4 is 23.5 Å². The maximum absolute atomic E-state index is 12.4. The smallest absolute Gasteiger partial charge is 0.162 e. The highest BCUT2D eigenvalue weighted by Gasteiger charge is 2.58. The van der Waals surface area contributed by atoms with Crippen LogP contribution in [0.15, 0.2) is 29.8 Å². The van der Waals surface area contributed by atoms with Gasteiger partial charge >= 0.3 is 0 Å². The minimum Gasteiger partial charge on any atom is -0.294 e. The van der Waals surface area contributed by atoms with Crippen molar-refractivity contribution in [3.63, 3.8) is 0 Å². The number of fused-ring (bicyclic) bond motifs is 2. The van der Waals surface area contributed by atoms with Crippen molar-refractivity contribution in [3.05, 3.63) is 40.4 Å². The number of halogens is 1. The fraction of sp³-hybridized carbons (Fsp3) is 0.471. The summed E-state index contributed by atoms with van der Waals surface area (Å²) in [6.45, 7) is 6.68. The lowest BCUT2D eigenvalue weighted by Crippen LogP contribution is -2.56. The minimum atomic E-state index is 0.165. The van der Waals surface area contributed by atoms with Gasteiger partial charge in [-0.1, -0.05) is 44.5 Å². The van der Waals surface area contributed by atoms with Crippen LogP contribution < -0.4 is 0 Å². The van der Waals surface area contributed by atoms with Gasteiger partial charge < -0.3 is 0 Å². The first-order valence-corrected chi connectivity index (χ1v) is 7.30. The van der Waals surface area contributed by atoms with Crippen LogP contribution in [0.25, 0.3) is 6.08 Å². The molecule has 0 N–H and O–H groups in total. The van der Waals surface area contributed by atoms with Crippen molar-refractivity contribution in [1.82, 2.24) is 0 Å². The molecule has 0 radical (unpaired) electrons. The molecule has 0 saturated heterocycles. The molecule has 3 atom stereocenters. The third-order valence-electron chi connectivity index (χ3n) is 5.21. The molecule has 1 aromatic carbocycles. The third-order valence-corrected chi connectivity index (χ3v) is 5.46. The van der Waals surface area contributed by atoms with Crippen LogP contribution in [0, 0.1) is 23.2 Å². The Kier molecular flexibility index (Phi) is 2.86. The van der Waals surface area contributed by atoms with E-state index >= 15 is 0 Å². The van der Waals surface area contributed by atoms with E-state index in [-0.39, 0.29) is 11.3 Å². The Labute approximate surface area is 119 Å². The highest BCUT2D eigenvalue weighted by molar-refractivity contribution is 6.30. The van der Waals surface area contributed by atoms with E-state index in [0.29, 0.717) is 17.6 Å². The van der Waals surface area contributed by atoms with Crippen molar-refractivity contribution in [1.29, 1.82) is 0 Å². The molecule has 2 bridgehead atoms. The van der Waals surface area contributed by atoms with Crippen molar-refractivity contribution in [2.45, 2.75) is 27.2 Å². The van der Waals surface area contributed by atoms with Gasteiger partial charge in [-0.25, -0.2) is 0 Å². The molecule has 3 aliphatic carbocycles. The molecule has 0 aromatic heterocycles. The first-order valence-electron chi connectivity index (χ1n) is 6.92. The van der Waals surface area contributed by atoms with Crippen LogP contribution in [0.5, 0.6) is 0 Å². The van der Waals surface area contributed by atoms with Crippen LogP contribution >= 0.6 is 11.6 Å². The monoisotopic (exact) mass is 274 g/mol. The fourth-order valence-electron chi connectivity index (χ4n) is 3.86. The van der Waals surface area contributed by atoms with Gasteiger partial charge in [-0.15, -0.1) is 0 Å². The van der Waals surface area contributed by atoms with Gasteiger partial charge in [0.05, 0.1) is 0 Å². The van der Waals surface area contributed by atoms with E-state index in [9.17, 15) is 4.79 Å². The predicted octanol–water partition coefficient (Wildman–Crippen LogP) is 4.60. The van der Waals surface area contributed by atoms with E-state index < -0.39 is 0 Å². The van der Waals surface area contributed by atoms with Gasteiger partial charge in [0.2, 0.25) is 0 Å².